The lowest BCUT2D eigenvalue weighted by Gasteiger charge is -2.40. The second-order valence-corrected chi connectivity index (χ2v) is 10.8. The number of hydrogen-bond acceptors (Lipinski definition) is 6. The van der Waals surface area contributed by atoms with Crippen LogP contribution >= 0.6 is 11.8 Å². The number of ether oxygens (including phenoxy) is 1. The molecule has 0 amide bonds. The van der Waals surface area contributed by atoms with E-state index in [4.69, 9.17) is 16.5 Å². The van der Waals surface area contributed by atoms with Crippen LogP contribution in [0.4, 0.5) is 11.5 Å². The predicted octanol–water partition coefficient (Wildman–Crippen LogP) is 4.48. The van der Waals surface area contributed by atoms with Gasteiger partial charge in [0.2, 0.25) is 5.88 Å². The summed E-state index contributed by atoms with van der Waals surface area (Å²) < 4.78 is 32.4. The molecule has 7 nitrogen and oxygen atoms in total. The van der Waals surface area contributed by atoms with Crippen LogP contribution in [0, 0.1) is 0 Å². The zero-order valence-electron chi connectivity index (χ0n) is 19.5. The molecule has 2 heterocycles. The minimum Gasteiger partial charge on any atom is -0.479 e. The first-order valence-corrected chi connectivity index (χ1v) is 12.8. The number of pyridine rings is 1. The van der Waals surface area contributed by atoms with Crippen molar-refractivity contribution in [3.8, 4) is 5.88 Å². The minimum absolute atomic E-state index is 0.115. The molecule has 3 rings (SSSR count). The number of methoxy groups -OCH3 is 1. The summed E-state index contributed by atoms with van der Waals surface area (Å²) in [5, 5.41) is 0. The first-order valence-electron chi connectivity index (χ1n) is 11.0. The lowest BCUT2D eigenvalue weighted by Crippen LogP contribution is -2.52. The molecular weight excluding hydrogens is 448 g/mol. The van der Waals surface area contributed by atoms with Gasteiger partial charge in [0.1, 0.15) is 11.5 Å². The highest BCUT2D eigenvalue weighted by Gasteiger charge is 2.29. The van der Waals surface area contributed by atoms with Gasteiger partial charge in [-0.3, -0.25) is 4.90 Å². The van der Waals surface area contributed by atoms with E-state index in [0.29, 0.717) is 12.0 Å². The van der Waals surface area contributed by atoms with Crippen LogP contribution in [0.2, 0.25) is 0 Å². The maximum atomic E-state index is 13.1. The molecular formula is C23H33ClN4O3S. The zero-order valence-corrected chi connectivity index (χ0v) is 21.0. The molecule has 0 radical (unpaired) electrons. The molecule has 0 bridgehead atoms. The predicted molar refractivity (Wildman–Crippen MR) is 130 cm³/mol. The Labute approximate surface area is 197 Å². The van der Waals surface area contributed by atoms with Crippen LogP contribution in [0.5, 0.6) is 5.88 Å². The Morgan fingerprint density at radius 2 is 1.88 bits per heavy atom. The van der Waals surface area contributed by atoms with Crippen molar-refractivity contribution in [1.29, 1.82) is 0 Å². The molecule has 1 atom stereocenters. The highest BCUT2D eigenvalue weighted by molar-refractivity contribution is 7.94. The number of halogens is 1. The van der Waals surface area contributed by atoms with Crippen molar-refractivity contribution in [1.82, 2.24) is 9.88 Å². The van der Waals surface area contributed by atoms with Crippen molar-refractivity contribution in [2.24, 2.45) is 0 Å². The quantitative estimate of drug-likeness (QED) is 0.519. The van der Waals surface area contributed by atoms with Crippen molar-refractivity contribution >= 4 is 33.3 Å². The monoisotopic (exact) mass is 480 g/mol. The van der Waals surface area contributed by atoms with Crippen LogP contribution in [0.15, 0.2) is 41.3 Å². The molecule has 176 valence electrons. The molecule has 0 N–H and O–H groups in total. The van der Waals surface area contributed by atoms with E-state index in [2.05, 4.69) is 42.5 Å². The van der Waals surface area contributed by atoms with Crippen molar-refractivity contribution in [3.05, 3.63) is 42.0 Å². The minimum atomic E-state index is -3.97. The summed E-state index contributed by atoms with van der Waals surface area (Å²) in [6.45, 7) is 12.3. The molecule has 0 unspecified atom stereocenters. The van der Waals surface area contributed by atoms with Crippen LogP contribution in [-0.4, -0.2) is 57.6 Å². The van der Waals surface area contributed by atoms with Gasteiger partial charge < -0.3 is 9.64 Å². The zero-order chi connectivity index (χ0) is 23.5. The normalized spacial score (nSPS) is 17.6. The van der Waals surface area contributed by atoms with Crippen molar-refractivity contribution in [2.75, 3.05) is 42.0 Å². The molecule has 1 aromatic carbocycles. The number of anilines is 2. The molecule has 1 aliphatic rings. The average molecular weight is 481 g/mol. The van der Waals surface area contributed by atoms with E-state index in [1.165, 1.54) is 7.11 Å². The lowest BCUT2D eigenvalue weighted by molar-refractivity contribution is 0.189. The summed E-state index contributed by atoms with van der Waals surface area (Å²) in [6.07, 6.45) is 1.13. The van der Waals surface area contributed by atoms with Crippen LogP contribution < -0.4 is 13.5 Å². The second kappa shape index (κ2) is 10.3. The van der Waals surface area contributed by atoms with Crippen molar-refractivity contribution < 1.29 is 13.2 Å². The summed E-state index contributed by atoms with van der Waals surface area (Å²) in [5.74, 6) is 1.23. The molecule has 1 saturated heterocycles. The molecule has 1 aliphatic heterocycles. The first kappa shape index (κ1) is 24.6. The molecule has 0 aliphatic carbocycles. The fraction of sp³-hybridized carbons (Fsp3) is 0.522. The van der Waals surface area contributed by atoms with Gasteiger partial charge in [-0.25, -0.2) is 0 Å². The Kier molecular flexibility index (Phi) is 7.90. The van der Waals surface area contributed by atoms with Gasteiger partial charge in [0, 0.05) is 37.5 Å². The number of aromatic nitrogens is 1. The van der Waals surface area contributed by atoms with Gasteiger partial charge in [-0.05, 0) is 55.6 Å². The lowest BCUT2D eigenvalue weighted by atomic mass is 10.0. The Morgan fingerprint density at radius 1 is 1.19 bits per heavy atom. The van der Waals surface area contributed by atoms with Crippen LogP contribution in [-0.2, 0) is 10.0 Å². The number of hydrogen-bond donors (Lipinski definition) is 0. The third-order valence-electron chi connectivity index (χ3n) is 5.86. The summed E-state index contributed by atoms with van der Waals surface area (Å²) in [5.41, 5.74) is 1.24. The SMILES string of the molecule is CCCN1CCN(c2ccc(N(Cl)S(=O)(=O)c3ccc(C(C)C)cc3)c(OC)n2)C[C@@H]1C. The van der Waals surface area contributed by atoms with Crippen LogP contribution in [0.1, 0.15) is 45.6 Å². The van der Waals surface area contributed by atoms with E-state index in [0.717, 1.165) is 47.8 Å². The van der Waals surface area contributed by atoms with E-state index in [9.17, 15) is 8.42 Å². The van der Waals surface area contributed by atoms with Gasteiger partial charge in [-0.15, -0.1) is 0 Å². The molecule has 1 fully saturated rings. The smallest absolute Gasteiger partial charge is 0.278 e. The molecule has 0 saturated carbocycles. The van der Waals surface area contributed by atoms with Crippen LogP contribution in [0.25, 0.3) is 0 Å². The standard InChI is InChI=1S/C23H33ClN4O3S/c1-6-13-26-14-15-27(16-18(26)4)22-12-11-21(23(25-22)31-5)28(24)32(29,30)20-9-7-19(8-10-20)17(2)3/h7-12,17-18H,6,13-16H2,1-5H3/t18-/m0/s1. The van der Waals surface area contributed by atoms with Gasteiger partial charge >= 0.3 is 0 Å². The molecule has 1 aromatic heterocycles. The number of sulfonamides is 1. The third-order valence-corrected chi connectivity index (χ3v) is 8.08. The highest BCUT2D eigenvalue weighted by Crippen LogP contribution is 2.35. The average Bonchev–Trinajstić information content (AvgIpc) is 2.79. The fourth-order valence-corrected chi connectivity index (χ4v) is 5.38. The summed E-state index contributed by atoms with van der Waals surface area (Å²) in [6, 6.07) is 10.6. The van der Waals surface area contributed by atoms with Crippen molar-refractivity contribution in [3.63, 3.8) is 0 Å². The third kappa shape index (κ3) is 5.13. The Morgan fingerprint density at radius 3 is 2.44 bits per heavy atom. The highest BCUT2D eigenvalue weighted by atomic mass is 35.5. The second-order valence-electron chi connectivity index (χ2n) is 8.47. The maximum Gasteiger partial charge on any atom is 0.278 e. The topological polar surface area (TPSA) is 66.0 Å². The molecule has 9 heteroatoms. The number of benzene rings is 1. The van der Waals surface area contributed by atoms with Gasteiger partial charge in [-0.2, -0.15) is 17.2 Å². The summed E-state index contributed by atoms with van der Waals surface area (Å²) in [7, 11) is -2.50. The maximum absolute atomic E-state index is 13.1. The summed E-state index contributed by atoms with van der Waals surface area (Å²) in [4.78, 5) is 9.36. The van der Waals surface area contributed by atoms with Gasteiger partial charge in [0.25, 0.3) is 10.0 Å². The van der Waals surface area contributed by atoms with Crippen molar-refractivity contribution in [2.45, 2.75) is 51.0 Å². The molecule has 2 aromatic rings. The number of nitrogens with zero attached hydrogens (tertiary/aromatic N) is 4. The number of piperazine rings is 1. The van der Waals surface area contributed by atoms with Gasteiger partial charge in [0.05, 0.1) is 12.0 Å². The van der Waals surface area contributed by atoms with Gasteiger partial charge in [-0.1, -0.05) is 32.9 Å². The van der Waals surface area contributed by atoms with E-state index >= 15 is 0 Å². The Hall–Kier alpha value is -2.03. The number of rotatable bonds is 8. The van der Waals surface area contributed by atoms with E-state index in [1.807, 2.05) is 0 Å². The molecule has 0 spiro atoms. The summed E-state index contributed by atoms with van der Waals surface area (Å²) >= 11 is 6.34. The van der Waals surface area contributed by atoms with Gasteiger partial charge in [0.15, 0.2) is 0 Å². The fourth-order valence-electron chi connectivity index (χ4n) is 3.95. The van der Waals surface area contributed by atoms with E-state index in [1.54, 1.807) is 36.4 Å². The van der Waals surface area contributed by atoms with E-state index < -0.39 is 10.0 Å². The first-order chi connectivity index (χ1) is 15.2. The van der Waals surface area contributed by atoms with E-state index in [-0.39, 0.29) is 16.5 Å². The van der Waals surface area contributed by atoms with Crippen LogP contribution in [0.3, 0.4) is 0 Å². The Balaban J connectivity index is 1.84. The largest absolute Gasteiger partial charge is 0.479 e. The Bertz CT molecular complexity index is 1010. The molecule has 32 heavy (non-hydrogen) atoms.